The van der Waals surface area contributed by atoms with Crippen LogP contribution in [0.15, 0.2) is 46.9 Å². The van der Waals surface area contributed by atoms with Crippen molar-refractivity contribution >= 4 is 22.8 Å². The van der Waals surface area contributed by atoms with Gasteiger partial charge in [-0.15, -0.1) is 0 Å². The van der Waals surface area contributed by atoms with Crippen LogP contribution < -0.4 is 5.32 Å². The van der Waals surface area contributed by atoms with Crippen molar-refractivity contribution in [2.45, 2.75) is 19.7 Å². The number of hydrogen-bond donors (Lipinski definition) is 1. The normalized spacial score (nSPS) is 12.0. The van der Waals surface area contributed by atoms with Crippen LogP contribution in [0, 0.1) is 0 Å². The van der Waals surface area contributed by atoms with Gasteiger partial charge in [-0.05, 0) is 42.8 Å². The first kappa shape index (κ1) is 20.0. The lowest BCUT2D eigenvalue weighted by Gasteiger charge is -2.09. The van der Waals surface area contributed by atoms with Crippen LogP contribution in [0.2, 0.25) is 0 Å². The predicted octanol–water partition coefficient (Wildman–Crippen LogP) is 5.08. The van der Waals surface area contributed by atoms with Gasteiger partial charge in [-0.3, -0.25) is 9.48 Å². The number of rotatable bonds is 6. The Bertz CT molecular complexity index is 1180. The minimum atomic E-state index is -4.59. The Labute approximate surface area is 169 Å². The molecule has 156 valence electrons. The average molecular weight is 417 g/mol. The van der Waals surface area contributed by atoms with Crippen LogP contribution in [0.5, 0.6) is 0 Å². The summed E-state index contributed by atoms with van der Waals surface area (Å²) in [5, 5.41) is 6.30. The molecule has 0 radical (unpaired) electrons. The van der Waals surface area contributed by atoms with Gasteiger partial charge in [0.15, 0.2) is 5.69 Å². The first-order valence-corrected chi connectivity index (χ1v) is 9.22. The number of nitrogens with zero attached hydrogens (tertiary/aromatic N) is 2. The summed E-state index contributed by atoms with van der Waals surface area (Å²) in [7, 11) is 1.39. The van der Waals surface area contributed by atoms with Crippen LogP contribution in [-0.2, 0) is 24.6 Å². The van der Waals surface area contributed by atoms with Crippen molar-refractivity contribution in [2.24, 2.45) is 7.05 Å². The highest BCUT2D eigenvalue weighted by molar-refractivity contribution is 6.16. The highest BCUT2D eigenvalue weighted by atomic mass is 19.4. The number of benzene rings is 2. The third-order valence-electron chi connectivity index (χ3n) is 4.69. The molecule has 6 nitrogen and oxygen atoms in total. The fourth-order valence-electron chi connectivity index (χ4n) is 3.27. The highest BCUT2D eigenvalue weighted by Gasteiger charge is 2.36. The van der Waals surface area contributed by atoms with Gasteiger partial charge in [-0.2, -0.15) is 18.3 Å². The maximum absolute atomic E-state index is 13.1. The molecule has 0 aliphatic heterocycles. The summed E-state index contributed by atoms with van der Waals surface area (Å²) in [5.41, 5.74) is 1.68. The highest BCUT2D eigenvalue weighted by Crippen LogP contribution is 2.39. The van der Waals surface area contributed by atoms with Crippen molar-refractivity contribution in [3.8, 4) is 11.3 Å². The van der Waals surface area contributed by atoms with E-state index < -0.39 is 17.8 Å². The number of alkyl halides is 3. The molecule has 0 spiro atoms. The first-order chi connectivity index (χ1) is 14.3. The van der Waals surface area contributed by atoms with Crippen LogP contribution in [0.3, 0.4) is 0 Å². The SMILES string of the molecule is CCOCc1ccc(NC(=O)c2c(-c3cc(C(F)(F)F)nn3C)c3ccc2o3)cc1. The number of hydrogen-bond acceptors (Lipinski definition) is 4. The molecule has 30 heavy (non-hydrogen) atoms. The van der Waals surface area contributed by atoms with Gasteiger partial charge in [-0.1, -0.05) is 12.1 Å². The Morgan fingerprint density at radius 2 is 1.87 bits per heavy atom. The molecule has 4 rings (SSSR count). The molecule has 1 amide bonds. The number of anilines is 1. The Morgan fingerprint density at radius 3 is 2.50 bits per heavy atom. The summed E-state index contributed by atoms with van der Waals surface area (Å²) >= 11 is 0. The molecule has 9 heteroatoms. The second kappa shape index (κ2) is 7.49. The molecule has 0 saturated heterocycles. The molecule has 0 aliphatic carbocycles. The van der Waals surface area contributed by atoms with E-state index in [9.17, 15) is 18.0 Å². The number of ether oxygens (including phenoxy) is 1. The smallest absolute Gasteiger partial charge is 0.435 e. The molecule has 0 unspecified atom stereocenters. The molecule has 0 fully saturated rings. The van der Waals surface area contributed by atoms with Gasteiger partial charge >= 0.3 is 6.18 Å². The van der Waals surface area contributed by atoms with E-state index in [0.29, 0.717) is 30.1 Å². The fourth-order valence-corrected chi connectivity index (χ4v) is 3.27. The van der Waals surface area contributed by atoms with E-state index in [4.69, 9.17) is 9.15 Å². The lowest BCUT2D eigenvalue weighted by Crippen LogP contribution is -2.13. The van der Waals surface area contributed by atoms with Crippen molar-refractivity contribution < 1.29 is 27.1 Å². The largest absolute Gasteiger partial charge is 0.456 e. The molecule has 3 aromatic heterocycles. The van der Waals surface area contributed by atoms with Gasteiger partial charge in [0.25, 0.3) is 5.91 Å². The van der Waals surface area contributed by atoms with Crippen molar-refractivity contribution in [1.29, 1.82) is 0 Å². The van der Waals surface area contributed by atoms with Crippen LogP contribution in [0.1, 0.15) is 28.5 Å². The van der Waals surface area contributed by atoms with Crippen molar-refractivity contribution in [3.63, 3.8) is 0 Å². The molecule has 0 saturated carbocycles. The molecule has 2 bridgehead atoms. The fraction of sp³-hybridized carbons (Fsp3) is 0.238. The number of furan rings is 2. The maximum Gasteiger partial charge on any atom is 0.435 e. The van der Waals surface area contributed by atoms with E-state index in [1.54, 1.807) is 24.3 Å². The molecule has 3 heterocycles. The number of halogens is 3. The second-order valence-electron chi connectivity index (χ2n) is 6.74. The monoisotopic (exact) mass is 417 g/mol. The van der Waals surface area contributed by atoms with Crippen LogP contribution in [-0.4, -0.2) is 22.3 Å². The van der Waals surface area contributed by atoms with E-state index in [-0.39, 0.29) is 16.8 Å². The summed E-state index contributed by atoms with van der Waals surface area (Å²) in [4.78, 5) is 13.0. The second-order valence-corrected chi connectivity index (χ2v) is 6.74. The van der Waals surface area contributed by atoms with E-state index in [0.717, 1.165) is 16.3 Å². The van der Waals surface area contributed by atoms with Crippen LogP contribution >= 0.6 is 0 Å². The van der Waals surface area contributed by atoms with Gasteiger partial charge in [0.05, 0.1) is 23.4 Å². The number of carbonyl (C=O) groups is 1. The summed E-state index contributed by atoms with van der Waals surface area (Å²) in [5.74, 6) is -0.480. The molecule has 1 aromatic carbocycles. The molecular weight excluding hydrogens is 399 g/mol. The third kappa shape index (κ3) is 3.63. The molecule has 1 N–H and O–H groups in total. The summed E-state index contributed by atoms with van der Waals surface area (Å²) in [6.45, 7) is 2.97. The van der Waals surface area contributed by atoms with Crippen LogP contribution in [0.25, 0.3) is 22.4 Å². The summed E-state index contributed by atoms with van der Waals surface area (Å²) in [6.07, 6.45) is -4.59. The predicted molar refractivity (Wildman–Crippen MR) is 104 cm³/mol. The van der Waals surface area contributed by atoms with Crippen molar-refractivity contribution in [2.75, 3.05) is 11.9 Å². The van der Waals surface area contributed by atoms with E-state index >= 15 is 0 Å². The van der Waals surface area contributed by atoms with Gasteiger partial charge < -0.3 is 14.5 Å². The molecule has 4 aromatic rings. The molecular formula is C21H18F3N3O3. The average Bonchev–Trinajstić information content (AvgIpc) is 3.41. The number of nitrogens with one attached hydrogen (secondary N) is 1. The molecule has 0 atom stereocenters. The number of fused-ring (bicyclic) bond motifs is 2. The zero-order valence-electron chi connectivity index (χ0n) is 16.2. The molecule has 0 aliphatic rings. The lowest BCUT2D eigenvalue weighted by molar-refractivity contribution is -0.141. The van der Waals surface area contributed by atoms with Gasteiger partial charge in [0.1, 0.15) is 11.2 Å². The topological polar surface area (TPSA) is 69.3 Å². The number of aromatic nitrogens is 2. The lowest BCUT2D eigenvalue weighted by atomic mass is 10.0. The van der Waals surface area contributed by atoms with E-state index in [1.165, 1.54) is 7.05 Å². The Morgan fingerprint density at radius 1 is 1.17 bits per heavy atom. The maximum atomic E-state index is 13.1. The Balaban J connectivity index is 1.65. The minimum absolute atomic E-state index is 0.147. The number of carbonyl (C=O) groups excluding carboxylic acids is 1. The van der Waals surface area contributed by atoms with E-state index in [1.807, 2.05) is 19.1 Å². The summed E-state index contributed by atoms with van der Waals surface area (Å²) < 4.78 is 51.2. The zero-order chi connectivity index (χ0) is 21.5. The Kier molecular flexibility index (Phi) is 4.98. The minimum Gasteiger partial charge on any atom is -0.456 e. The van der Waals surface area contributed by atoms with Gasteiger partial charge in [-0.25, -0.2) is 0 Å². The van der Waals surface area contributed by atoms with Crippen molar-refractivity contribution in [3.05, 3.63) is 59.3 Å². The van der Waals surface area contributed by atoms with E-state index in [2.05, 4.69) is 10.4 Å². The first-order valence-electron chi connectivity index (χ1n) is 9.22. The van der Waals surface area contributed by atoms with Crippen molar-refractivity contribution in [1.82, 2.24) is 9.78 Å². The standard InChI is InChI=1S/C21H18F3N3O3/c1-3-29-11-12-4-6-13(7-5-12)25-20(28)19-16-9-8-15(30-16)18(19)14-10-17(21(22,23)24)26-27(14)2/h4-10H,3,11H2,1-2H3,(H,25,28). The number of aryl methyl sites for hydroxylation is 1. The summed E-state index contributed by atoms with van der Waals surface area (Å²) in [6, 6.07) is 11.3. The quantitative estimate of drug-likeness (QED) is 0.475. The Hall–Kier alpha value is -3.33. The van der Waals surface area contributed by atoms with Crippen LogP contribution in [0.4, 0.5) is 18.9 Å². The van der Waals surface area contributed by atoms with Gasteiger partial charge in [0, 0.05) is 19.3 Å². The van der Waals surface area contributed by atoms with Gasteiger partial charge in [0.2, 0.25) is 0 Å². The number of amides is 1. The zero-order valence-corrected chi connectivity index (χ0v) is 16.2. The third-order valence-corrected chi connectivity index (χ3v) is 4.69.